The van der Waals surface area contributed by atoms with Crippen molar-refractivity contribution in [2.75, 3.05) is 13.2 Å². The van der Waals surface area contributed by atoms with E-state index in [0.717, 1.165) is 44.9 Å². The zero-order chi connectivity index (χ0) is 33.6. The first-order valence-electron chi connectivity index (χ1n) is 19.9. The highest BCUT2D eigenvalue weighted by Gasteiger charge is 2.16. The number of rotatable bonds is 36. The fourth-order valence-corrected chi connectivity index (χ4v) is 5.70. The summed E-state index contributed by atoms with van der Waals surface area (Å²) >= 11 is 0. The van der Waals surface area contributed by atoms with Gasteiger partial charge in [-0.1, -0.05) is 173 Å². The molecule has 0 aromatic carbocycles. The van der Waals surface area contributed by atoms with Crippen LogP contribution in [-0.4, -0.2) is 36.4 Å². The summed E-state index contributed by atoms with van der Waals surface area (Å²) in [5.41, 5.74) is 0. The summed E-state index contributed by atoms with van der Waals surface area (Å²) in [6.45, 7) is 4.12. The van der Waals surface area contributed by atoms with E-state index in [1.807, 2.05) is 0 Å². The number of carbonyl (C=O) groups is 2. The van der Waals surface area contributed by atoms with Crippen molar-refractivity contribution in [2.24, 2.45) is 0 Å². The Morgan fingerprint density at radius 3 is 1.33 bits per heavy atom. The first-order chi connectivity index (χ1) is 22.6. The summed E-state index contributed by atoms with van der Waals surface area (Å²) in [5.74, 6) is -0.588. The average Bonchev–Trinajstić information content (AvgIpc) is 3.06. The topological polar surface area (TPSA) is 72.8 Å². The molecule has 0 aromatic heterocycles. The molecule has 0 unspecified atom stereocenters. The number of carbonyl (C=O) groups excluding carboxylic acids is 2. The highest BCUT2D eigenvalue weighted by atomic mass is 16.6. The van der Waals surface area contributed by atoms with Crippen LogP contribution in [0.15, 0.2) is 24.3 Å². The van der Waals surface area contributed by atoms with E-state index in [0.29, 0.717) is 12.8 Å². The molecule has 0 fully saturated rings. The predicted molar refractivity (Wildman–Crippen MR) is 196 cm³/mol. The maximum absolute atomic E-state index is 12.2. The molecular formula is C41H76O5. The summed E-state index contributed by atoms with van der Waals surface area (Å²) in [6.07, 6.45) is 43.8. The second kappa shape index (κ2) is 37.8. The summed E-state index contributed by atoms with van der Waals surface area (Å²) < 4.78 is 10.6. The lowest BCUT2D eigenvalue weighted by atomic mass is 10.0. The molecule has 5 nitrogen and oxygen atoms in total. The lowest BCUT2D eigenvalue weighted by Crippen LogP contribution is -2.28. The molecule has 0 heterocycles. The standard InChI is InChI=1S/C41H76O5/c1-3-5-7-9-11-13-15-17-18-19-20-21-22-24-26-28-30-32-34-36-41(44)46-39(37-42)38-45-40(43)35-33-31-29-27-25-23-16-14-12-10-8-6-4-2/h11,13,17-18,39,42H,3-10,12,14-16,19-38H2,1-2H3/b13-11-,18-17-/t39-/m0/s1. The van der Waals surface area contributed by atoms with E-state index in [1.165, 1.54) is 135 Å². The van der Waals surface area contributed by atoms with Crippen molar-refractivity contribution in [1.82, 2.24) is 0 Å². The number of aliphatic hydroxyl groups excluding tert-OH is 1. The van der Waals surface area contributed by atoms with Crippen molar-refractivity contribution in [1.29, 1.82) is 0 Å². The van der Waals surface area contributed by atoms with Gasteiger partial charge in [0.2, 0.25) is 0 Å². The van der Waals surface area contributed by atoms with Crippen molar-refractivity contribution in [2.45, 2.75) is 213 Å². The van der Waals surface area contributed by atoms with E-state index in [2.05, 4.69) is 38.2 Å². The van der Waals surface area contributed by atoms with Crippen LogP contribution in [0.4, 0.5) is 0 Å². The number of hydrogen-bond donors (Lipinski definition) is 1. The van der Waals surface area contributed by atoms with Crippen molar-refractivity contribution >= 4 is 11.9 Å². The van der Waals surface area contributed by atoms with Gasteiger partial charge in [0.1, 0.15) is 6.61 Å². The number of ether oxygens (including phenoxy) is 2. The molecule has 0 rings (SSSR count). The largest absolute Gasteiger partial charge is 0.462 e. The molecule has 46 heavy (non-hydrogen) atoms. The molecule has 0 spiro atoms. The average molecular weight is 649 g/mol. The normalized spacial score (nSPS) is 12.3. The van der Waals surface area contributed by atoms with Crippen LogP contribution in [0.1, 0.15) is 206 Å². The smallest absolute Gasteiger partial charge is 0.306 e. The molecule has 0 aliphatic rings. The molecule has 0 saturated carbocycles. The van der Waals surface area contributed by atoms with Crippen LogP contribution in [0.5, 0.6) is 0 Å². The highest BCUT2D eigenvalue weighted by Crippen LogP contribution is 2.14. The van der Waals surface area contributed by atoms with Gasteiger partial charge in [-0.25, -0.2) is 0 Å². The Morgan fingerprint density at radius 1 is 0.500 bits per heavy atom. The molecule has 0 aliphatic carbocycles. The summed E-state index contributed by atoms with van der Waals surface area (Å²) in [5, 5.41) is 9.55. The molecule has 0 radical (unpaired) electrons. The van der Waals surface area contributed by atoms with Gasteiger partial charge in [0.25, 0.3) is 0 Å². The van der Waals surface area contributed by atoms with Gasteiger partial charge < -0.3 is 14.6 Å². The van der Waals surface area contributed by atoms with E-state index >= 15 is 0 Å². The van der Waals surface area contributed by atoms with Crippen molar-refractivity contribution < 1.29 is 24.2 Å². The van der Waals surface area contributed by atoms with Crippen molar-refractivity contribution in [3.63, 3.8) is 0 Å². The first kappa shape index (κ1) is 44.4. The van der Waals surface area contributed by atoms with Gasteiger partial charge in [-0.2, -0.15) is 0 Å². The molecule has 270 valence electrons. The van der Waals surface area contributed by atoms with E-state index in [-0.39, 0.29) is 25.2 Å². The number of aliphatic hydroxyl groups is 1. The van der Waals surface area contributed by atoms with Gasteiger partial charge in [0.05, 0.1) is 6.61 Å². The lowest BCUT2D eigenvalue weighted by molar-refractivity contribution is -0.161. The fourth-order valence-electron chi connectivity index (χ4n) is 5.70. The summed E-state index contributed by atoms with van der Waals surface area (Å²) in [7, 11) is 0. The molecule has 0 bridgehead atoms. The van der Waals surface area contributed by atoms with Gasteiger partial charge in [0.15, 0.2) is 6.10 Å². The van der Waals surface area contributed by atoms with Crippen LogP contribution >= 0.6 is 0 Å². The number of hydrogen-bond acceptors (Lipinski definition) is 5. The number of unbranched alkanes of at least 4 members (excludes halogenated alkanes) is 24. The Balaban J connectivity index is 3.53. The molecule has 5 heteroatoms. The zero-order valence-corrected chi connectivity index (χ0v) is 30.6. The van der Waals surface area contributed by atoms with Gasteiger partial charge in [-0.3, -0.25) is 9.59 Å². The van der Waals surface area contributed by atoms with Crippen molar-refractivity contribution in [3.8, 4) is 0 Å². The molecule has 0 saturated heterocycles. The van der Waals surface area contributed by atoms with Crippen LogP contribution < -0.4 is 0 Å². The molecule has 0 aliphatic heterocycles. The molecule has 0 aromatic rings. The van der Waals surface area contributed by atoms with Gasteiger partial charge in [-0.15, -0.1) is 0 Å². The Morgan fingerprint density at radius 2 is 0.870 bits per heavy atom. The third-order valence-corrected chi connectivity index (χ3v) is 8.75. The van der Waals surface area contributed by atoms with E-state index in [1.54, 1.807) is 0 Å². The predicted octanol–water partition coefficient (Wildman–Crippen LogP) is 12.3. The Hall–Kier alpha value is -1.62. The molecule has 1 atom stereocenters. The van der Waals surface area contributed by atoms with Gasteiger partial charge >= 0.3 is 11.9 Å². The Bertz CT molecular complexity index is 701. The second-order valence-corrected chi connectivity index (χ2v) is 13.4. The van der Waals surface area contributed by atoms with Crippen LogP contribution in [0.3, 0.4) is 0 Å². The molecule has 1 N–H and O–H groups in total. The van der Waals surface area contributed by atoms with Crippen molar-refractivity contribution in [3.05, 3.63) is 24.3 Å². The Kier molecular flexibility index (Phi) is 36.5. The van der Waals surface area contributed by atoms with E-state index < -0.39 is 6.10 Å². The van der Waals surface area contributed by atoms with Crippen LogP contribution in [0.2, 0.25) is 0 Å². The van der Waals surface area contributed by atoms with Crippen LogP contribution in [0, 0.1) is 0 Å². The zero-order valence-electron chi connectivity index (χ0n) is 30.6. The highest BCUT2D eigenvalue weighted by molar-refractivity contribution is 5.70. The maximum Gasteiger partial charge on any atom is 0.306 e. The minimum absolute atomic E-state index is 0.0632. The van der Waals surface area contributed by atoms with Crippen LogP contribution in [0.25, 0.3) is 0 Å². The van der Waals surface area contributed by atoms with E-state index in [9.17, 15) is 14.7 Å². The maximum atomic E-state index is 12.2. The Labute approximate surface area is 285 Å². The summed E-state index contributed by atoms with van der Waals surface area (Å²) in [4.78, 5) is 24.2. The first-order valence-corrected chi connectivity index (χ1v) is 19.9. The molecular weight excluding hydrogens is 572 g/mol. The quantitative estimate of drug-likeness (QED) is 0.0416. The monoisotopic (exact) mass is 649 g/mol. The number of esters is 2. The lowest BCUT2D eigenvalue weighted by Gasteiger charge is -2.15. The fraction of sp³-hybridized carbons (Fsp3) is 0.854. The second-order valence-electron chi connectivity index (χ2n) is 13.4. The third-order valence-electron chi connectivity index (χ3n) is 8.75. The minimum atomic E-state index is -0.768. The number of allylic oxidation sites excluding steroid dienone is 4. The summed E-state index contributed by atoms with van der Waals surface area (Å²) in [6, 6.07) is 0. The van der Waals surface area contributed by atoms with Crippen LogP contribution in [-0.2, 0) is 19.1 Å². The van der Waals surface area contributed by atoms with Gasteiger partial charge in [-0.05, 0) is 44.9 Å². The molecule has 0 amide bonds. The third kappa shape index (κ3) is 35.2. The van der Waals surface area contributed by atoms with Gasteiger partial charge in [0, 0.05) is 12.8 Å². The van der Waals surface area contributed by atoms with E-state index in [4.69, 9.17) is 9.47 Å². The minimum Gasteiger partial charge on any atom is -0.462 e. The SMILES string of the molecule is CCCCC/C=C\C/C=C\CCCCCCCCCCCC(=O)O[C@@H](CO)COC(=O)CCCCCCCCCCCCCCC.